The second kappa shape index (κ2) is 15.6. The summed E-state index contributed by atoms with van der Waals surface area (Å²) in [5.41, 5.74) is -0.566. The van der Waals surface area contributed by atoms with E-state index in [-0.39, 0.29) is 30.2 Å². The number of rotatable bonds is 19. The molecule has 1 saturated heterocycles. The molecule has 2 unspecified atom stereocenters. The van der Waals surface area contributed by atoms with Crippen molar-refractivity contribution in [2.24, 2.45) is 0 Å². The first-order chi connectivity index (χ1) is 14.3. The Balaban J connectivity index is 2.05. The zero-order chi connectivity index (χ0) is 22.3. The summed E-state index contributed by atoms with van der Waals surface area (Å²) in [6.45, 7) is 12.4. The average Bonchev–Trinajstić information content (AvgIpc) is 3.13. The Kier molecular flexibility index (Phi) is 14.5. The third kappa shape index (κ3) is 14.0. The number of hydrogen-bond acceptors (Lipinski definition) is 5. The van der Waals surface area contributed by atoms with Gasteiger partial charge < -0.3 is 24.1 Å². The summed E-state index contributed by atoms with van der Waals surface area (Å²) in [6, 6.07) is 0. The van der Waals surface area contributed by atoms with Crippen molar-refractivity contribution in [3.8, 4) is 0 Å². The van der Waals surface area contributed by atoms with Gasteiger partial charge in [0.25, 0.3) is 0 Å². The molecule has 1 N–H and O–H groups in total. The van der Waals surface area contributed by atoms with E-state index in [0.29, 0.717) is 26.2 Å². The van der Waals surface area contributed by atoms with Crippen LogP contribution in [0.15, 0.2) is 0 Å². The van der Waals surface area contributed by atoms with Crippen LogP contribution >= 0.6 is 0 Å². The molecule has 0 aliphatic carbocycles. The molecule has 180 valence electrons. The standard InChI is InChI=1S/C25H50O5/c1-6-7-8-9-10-11-12-13-14-15-23-27-20-22(30-23)21-29-25(4,5)17-19-28-24(2,3)16-18-26/h22-23,26H,6-21H2,1-5H3. The first-order valence-corrected chi connectivity index (χ1v) is 12.4. The van der Waals surface area contributed by atoms with Crippen molar-refractivity contribution in [1.82, 2.24) is 0 Å². The topological polar surface area (TPSA) is 57.2 Å². The van der Waals surface area contributed by atoms with E-state index in [9.17, 15) is 0 Å². The number of aliphatic hydroxyl groups excluding tert-OH is 1. The van der Waals surface area contributed by atoms with Crippen LogP contribution in [0.2, 0.25) is 0 Å². The molecule has 30 heavy (non-hydrogen) atoms. The Labute approximate surface area is 186 Å². The average molecular weight is 431 g/mol. The second-order valence-corrected chi connectivity index (χ2v) is 10.0. The van der Waals surface area contributed by atoms with Gasteiger partial charge in [-0.2, -0.15) is 0 Å². The van der Waals surface area contributed by atoms with E-state index in [1.807, 2.05) is 13.8 Å². The lowest BCUT2D eigenvalue weighted by atomic mass is 10.0. The van der Waals surface area contributed by atoms with Crippen molar-refractivity contribution >= 4 is 0 Å². The summed E-state index contributed by atoms with van der Waals surface area (Å²) < 4.78 is 23.8. The minimum atomic E-state index is -0.296. The van der Waals surface area contributed by atoms with E-state index < -0.39 is 0 Å². The first kappa shape index (κ1) is 27.8. The fourth-order valence-electron chi connectivity index (χ4n) is 3.67. The third-order valence-corrected chi connectivity index (χ3v) is 5.93. The van der Waals surface area contributed by atoms with Gasteiger partial charge in [-0.15, -0.1) is 0 Å². The molecule has 5 nitrogen and oxygen atoms in total. The Hall–Kier alpha value is -0.200. The van der Waals surface area contributed by atoms with Gasteiger partial charge >= 0.3 is 0 Å². The lowest BCUT2D eigenvalue weighted by molar-refractivity contribution is -0.112. The van der Waals surface area contributed by atoms with Gasteiger partial charge in [0.05, 0.1) is 31.0 Å². The molecule has 1 fully saturated rings. The highest BCUT2D eigenvalue weighted by molar-refractivity contribution is 4.74. The van der Waals surface area contributed by atoms with Crippen LogP contribution in [0.25, 0.3) is 0 Å². The normalized spacial score (nSPS) is 20.2. The Morgan fingerprint density at radius 3 is 2.07 bits per heavy atom. The number of ether oxygens (including phenoxy) is 4. The summed E-state index contributed by atoms with van der Waals surface area (Å²) in [6.07, 6.45) is 14.4. The van der Waals surface area contributed by atoms with E-state index in [4.69, 9.17) is 24.1 Å². The molecule has 0 amide bonds. The van der Waals surface area contributed by atoms with Gasteiger partial charge in [-0.1, -0.05) is 58.3 Å². The molecule has 5 heteroatoms. The molecule has 0 spiro atoms. The van der Waals surface area contributed by atoms with Crippen LogP contribution in [0.3, 0.4) is 0 Å². The van der Waals surface area contributed by atoms with E-state index in [2.05, 4.69) is 20.8 Å². The molecule has 0 aromatic carbocycles. The summed E-state index contributed by atoms with van der Waals surface area (Å²) >= 11 is 0. The van der Waals surface area contributed by atoms with Crippen LogP contribution in [0.1, 0.15) is 112 Å². The van der Waals surface area contributed by atoms with Gasteiger partial charge in [0, 0.05) is 6.61 Å². The molecule has 1 aliphatic heterocycles. The monoisotopic (exact) mass is 430 g/mol. The maximum Gasteiger partial charge on any atom is 0.158 e. The van der Waals surface area contributed by atoms with Crippen molar-refractivity contribution in [3.05, 3.63) is 0 Å². The Morgan fingerprint density at radius 1 is 0.833 bits per heavy atom. The molecule has 0 aromatic rings. The van der Waals surface area contributed by atoms with Gasteiger partial charge in [0.2, 0.25) is 0 Å². The molecule has 0 saturated carbocycles. The van der Waals surface area contributed by atoms with Gasteiger partial charge in [0.15, 0.2) is 6.29 Å². The molecule has 1 rings (SSSR count). The minimum Gasteiger partial charge on any atom is -0.396 e. The summed E-state index contributed by atoms with van der Waals surface area (Å²) in [4.78, 5) is 0. The molecule has 0 aromatic heterocycles. The predicted octanol–water partition coefficient (Wildman–Crippen LogP) is 6.01. The lowest BCUT2D eigenvalue weighted by Gasteiger charge is -2.30. The maximum atomic E-state index is 9.09. The zero-order valence-corrected chi connectivity index (χ0v) is 20.5. The first-order valence-electron chi connectivity index (χ1n) is 12.4. The molecule has 1 aliphatic rings. The van der Waals surface area contributed by atoms with Crippen LogP contribution in [0, 0.1) is 0 Å². The maximum absolute atomic E-state index is 9.09. The Morgan fingerprint density at radius 2 is 1.43 bits per heavy atom. The largest absolute Gasteiger partial charge is 0.396 e. The molecule has 1 heterocycles. The van der Waals surface area contributed by atoms with Gasteiger partial charge in [-0.25, -0.2) is 0 Å². The van der Waals surface area contributed by atoms with Crippen LogP contribution in [0.5, 0.6) is 0 Å². The molecule has 0 radical (unpaired) electrons. The SMILES string of the molecule is CCCCCCCCCCCC1OCC(COC(C)(C)CCOC(C)(C)CCO)O1. The van der Waals surface area contributed by atoms with Crippen LogP contribution in [-0.4, -0.2) is 55.1 Å². The van der Waals surface area contributed by atoms with Gasteiger partial charge in [0.1, 0.15) is 6.10 Å². The fraction of sp³-hybridized carbons (Fsp3) is 1.00. The van der Waals surface area contributed by atoms with Crippen molar-refractivity contribution in [2.45, 2.75) is 135 Å². The predicted molar refractivity (Wildman–Crippen MR) is 123 cm³/mol. The highest BCUT2D eigenvalue weighted by Crippen LogP contribution is 2.23. The summed E-state index contributed by atoms with van der Waals surface area (Å²) in [7, 11) is 0. The van der Waals surface area contributed by atoms with Crippen molar-refractivity contribution in [3.63, 3.8) is 0 Å². The van der Waals surface area contributed by atoms with Crippen molar-refractivity contribution in [2.75, 3.05) is 26.4 Å². The molecular weight excluding hydrogens is 380 g/mol. The van der Waals surface area contributed by atoms with Crippen molar-refractivity contribution in [1.29, 1.82) is 0 Å². The molecular formula is C25H50O5. The van der Waals surface area contributed by atoms with E-state index >= 15 is 0 Å². The van der Waals surface area contributed by atoms with E-state index in [1.165, 1.54) is 57.8 Å². The smallest absolute Gasteiger partial charge is 0.158 e. The Bertz CT molecular complexity index is 410. The van der Waals surface area contributed by atoms with E-state index in [0.717, 1.165) is 12.8 Å². The minimum absolute atomic E-state index is 0.0274. The second-order valence-electron chi connectivity index (χ2n) is 10.0. The zero-order valence-electron chi connectivity index (χ0n) is 20.5. The van der Waals surface area contributed by atoms with Crippen LogP contribution < -0.4 is 0 Å². The van der Waals surface area contributed by atoms with Crippen LogP contribution in [-0.2, 0) is 18.9 Å². The van der Waals surface area contributed by atoms with Crippen LogP contribution in [0.4, 0.5) is 0 Å². The van der Waals surface area contributed by atoms with Gasteiger partial charge in [-0.3, -0.25) is 0 Å². The third-order valence-electron chi connectivity index (χ3n) is 5.93. The number of aliphatic hydroxyl groups is 1. The number of unbranched alkanes of at least 4 members (excludes halogenated alkanes) is 8. The fourth-order valence-corrected chi connectivity index (χ4v) is 3.67. The highest BCUT2D eigenvalue weighted by atomic mass is 16.7. The molecule has 0 bridgehead atoms. The van der Waals surface area contributed by atoms with Gasteiger partial charge in [-0.05, 0) is 53.4 Å². The number of hydrogen-bond donors (Lipinski definition) is 1. The van der Waals surface area contributed by atoms with E-state index in [1.54, 1.807) is 0 Å². The quantitative estimate of drug-likeness (QED) is 0.254. The van der Waals surface area contributed by atoms with Crippen molar-refractivity contribution < 1.29 is 24.1 Å². The summed E-state index contributed by atoms with van der Waals surface area (Å²) in [5.74, 6) is 0. The molecule has 2 atom stereocenters. The summed E-state index contributed by atoms with van der Waals surface area (Å²) in [5, 5.41) is 9.09. The highest BCUT2D eigenvalue weighted by Gasteiger charge is 2.29. The lowest BCUT2D eigenvalue weighted by Crippen LogP contribution is -2.34.